The number of carboxylic acid groups (broad SMARTS) is 1. The Morgan fingerprint density at radius 2 is 1.15 bits per heavy atom. The fourth-order valence-electron chi connectivity index (χ4n) is 8.19. The third kappa shape index (κ3) is 8.54. The maximum atomic E-state index is 13.8. The summed E-state index contributed by atoms with van der Waals surface area (Å²) in [5.41, 5.74) is 0.776. The number of benzene rings is 1. The van der Waals surface area contributed by atoms with E-state index in [0.717, 1.165) is 25.7 Å². The minimum Gasteiger partial charge on any atom is -0.481 e. The van der Waals surface area contributed by atoms with Crippen LogP contribution in [0, 0.1) is 10.8 Å². The van der Waals surface area contributed by atoms with Gasteiger partial charge in [-0.2, -0.15) is 0 Å². The van der Waals surface area contributed by atoms with Crippen molar-refractivity contribution < 1.29 is 29.1 Å². The SMILES string of the molecule is O=C(O)C[C@@H](NC(=O)CCC(NC(=O)c1cc(Cl)cc(Cl)c1)C(=O)N1CCC2(CCCC2)CC1)C(=O)N1CCC2(CCCC2)CC1. The number of piperidine rings is 2. The van der Waals surface area contributed by atoms with Crippen LogP contribution in [0.2, 0.25) is 10.0 Å². The zero-order valence-corrected chi connectivity index (χ0v) is 28.0. The van der Waals surface area contributed by atoms with Gasteiger partial charge in [0.1, 0.15) is 12.1 Å². The van der Waals surface area contributed by atoms with Crippen molar-refractivity contribution in [2.24, 2.45) is 10.8 Å². The number of hydrogen-bond acceptors (Lipinski definition) is 5. The summed E-state index contributed by atoms with van der Waals surface area (Å²) >= 11 is 12.2. The fraction of sp³-hybridized carbons (Fsp3) is 0.676. The first-order valence-electron chi connectivity index (χ1n) is 16.8. The lowest BCUT2D eigenvalue weighted by molar-refractivity contribution is -0.145. The van der Waals surface area contributed by atoms with Gasteiger partial charge < -0.3 is 25.5 Å². The normalized spacial score (nSPS) is 21.6. The van der Waals surface area contributed by atoms with Crippen LogP contribution in [0.15, 0.2) is 18.2 Å². The molecule has 46 heavy (non-hydrogen) atoms. The number of amides is 4. The molecule has 10 nitrogen and oxygen atoms in total. The Bertz CT molecular complexity index is 1290. The van der Waals surface area contributed by atoms with Gasteiger partial charge in [0, 0.05) is 48.2 Å². The summed E-state index contributed by atoms with van der Waals surface area (Å²) in [7, 11) is 0. The van der Waals surface area contributed by atoms with Crippen LogP contribution in [0.25, 0.3) is 0 Å². The van der Waals surface area contributed by atoms with Crippen LogP contribution in [0.5, 0.6) is 0 Å². The number of likely N-dealkylation sites (tertiary alicyclic amines) is 2. The molecule has 2 heterocycles. The highest BCUT2D eigenvalue weighted by molar-refractivity contribution is 6.35. The van der Waals surface area contributed by atoms with Gasteiger partial charge in [-0.1, -0.05) is 48.9 Å². The molecule has 2 saturated carbocycles. The molecule has 2 spiro atoms. The van der Waals surface area contributed by atoms with Crippen molar-refractivity contribution in [2.45, 2.75) is 108 Å². The number of rotatable bonds is 10. The molecule has 12 heteroatoms. The highest BCUT2D eigenvalue weighted by Gasteiger charge is 2.41. The number of hydrogen-bond donors (Lipinski definition) is 3. The predicted molar refractivity (Wildman–Crippen MR) is 175 cm³/mol. The topological polar surface area (TPSA) is 136 Å². The summed E-state index contributed by atoms with van der Waals surface area (Å²) in [4.78, 5) is 68.7. The van der Waals surface area contributed by atoms with E-state index >= 15 is 0 Å². The van der Waals surface area contributed by atoms with E-state index in [1.165, 1.54) is 69.6 Å². The van der Waals surface area contributed by atoms with Gasteiger partial charge in [0.25, 0.3) is 5.91 Å². The standard InChI is InChI=1S/C34H46Cl2N4O6/c35-24-19-23(20-25(36)21-24)30(44)38-26(31(45)39-15-11-33(12-16-39)7-1-2-8-33)5-6-28(41)37-27(22-29(42)43)32(46)40-17-13-34(14-18-40)9-3-4-10-34/h19-21,26-27H,1-18,22H2,(H,37,41)(H,38,44)(H,42,43)/t26?,27-/m1/s1. The smallest absolute Gasteiger partial charge is 0.305 e. The Morgan fingerprint density at radius 3 is 1.61 bits per heavy atom. The number of carbonyl (C=O) groups excluding carboxylic acids is 4. The molecule has 0 radical (unpaired) electrons. The van der Waals surface area contributed by atoms with Gasteiger partial charge in [-0.3, -0.25) is 24.0 Å². The molecule has 5 rings (SSSR count). The van der Waals surface area contributed by atoms with Gasteiger partial charge in [0.05, 0.1) is 6.42 Å². The van der Waals surface area contributed by atoms with E-state index in [1.807, 2.05) is 0 Å². The van der Waals surface area contributed by atoms with E-state index in [-0.39, 0.29) is 39.8 Å². The Labute approximate surface area is 280 Å². The number of nitrogens with one attached hydrogen (secondary N) is 2. The van der Waals surface area contributed by atoms with Gasteiger partial charge in [-0.25, -0.2) is 0 Å². The van der Waals surface area contributed by atoms with Gasteiger partial charge in [0.15, 0.2) is 0 Å². The second-order valence-corrected chi connectivity index (χ2v) is 14.9. The minimum atomic E-state index is -1.20. The molecule has 252 valence electrons. The third-order valence-electron chi connectivity index (χ3n) is 11.0. The Hall–Kier alpha value is -2.85. The van der Waals surface area contributed by atoms with E-state index in [1.54, 1.807) is 9.80 Å². The average molecular weight is 678 g/mol. The highest BCUT2D eigenvalue weighted by atomic mass is 35.5. The zero-order valence-electron chi connectivity index (χ0n) is 26.5. The second-order valence-electron chi connectivity index (χ2n) is 14.0. The van der Waals surface area contributed by atoms with Crippen molar-refractivity contribution in [1.82, 2.24) is 20.4 Å². The van der Waals surface area contributed by atoms with Crippen LogP contribution in [0.1, 0.15) is 107 Å². The van der Waals surface area contributed by atoms with E-state index in [4.69, 9.17) is 23.2 Å². The number of halogens is 2. The molecule has 2 atom stereocenters. The van der Waals surface area contributed by atoms with E-state index < -0.39 is 42.2 Å². The molecular formula is C34H46Cl2N4O6. The lowest BCUT2D eigenvalue weighted by atomic mass is 9.77. The molecule has 1 aromatic rings. The third-order valence-corrected chi connectivity index (χ3v) is 11.4. The van der Waals surface area contributed by atoms with Gasteiger partial charge >= 0.3 is 5.97 Å². The van der Waals surface area contributed by atoms with Crippen LogP contribution in [-0.2, 0) is 19.2 Å². The molecule has 1 unspecified atom stereocenters. The molecule has 0 aromatic heterocycles. The molecule has 4 fully saturated rings. The first-order valence-corrected chi connectivity index (χ1v) is 17.6. The van der Waals surface area contributed by atoms with Crippen molar-refractivity contribution in [1.29, 1.82) is 0 Å². The van der Waals surface area contributed by atoms with Crippen LogP contribution < -0.4 is 10.6 Å². The number of carbonyl (C=O) groups is 5. The Kier molecular flexibility index (Phi) is 11.2. The largest absolute Gasteiger partial charge is 0.481 e. The summed E-state index contributed by atoms with van der Waals surface area (Å²) in [5.74, 6) is -2.94. The molecular weight excluding hydrogens is 631 g/mol. The first-order chi connectivity index (χ1) is 22.0. The lowest BCUT2D eigenvalue weighted by Gasteiger charge is -2.40. The Balaban J connectivity index is 1.22. The zero-order chi connectivity index (χ0) is 32.9. The minimum absolute atomic E-state index is 0.0213. The van der Waals surface area contributed by atoms with Crippen molar-refractivity contribution in [3.8, 4) is 0 Å². The molecule has 2 aliphatic carbocycles. The molecule has 2 saturated heterocycles. The summed E-state index contributed by atoms with van der Waals surface area (Å²) in [6.45, 7) is 2.29. The Morgan fingerprint density at radius 1 is 0.696 bits per heavy atom. The van der Waals surface area contributed by atoms with Crippen molar-refractivity contribution >= 4 is 52.8 Å². The molecule has 4 amide bonds. The van der Waals surface area contributed by atoms with Gasteiger partial charge in [-0.05, 0) is 86.8 Å². The van der Waals surface area contributed by atoms with Crippen LogP contribution in [-0.4, -0.2) is 82.8 Å². The van der Waals surface area contributed by atoms with Crippen LogP contribution in [0.3, 0.4) is 0 Å². The average Bonchev–Trinajstić information content (AvgIpc) is 3.68. The maximum absolute atomic E-state index is 13.8. The van der Waals surface area contributed by atoms with Crippen molar-refractivity contribution in [3.05, 3.63) is 33.8 Å². The fourth-order valence-corrected chi connectivity index (χ4v) is 8.72. The van der Waals surface area contributed by atoms with Crippen LogP contribution >= 0.6 is 23.2 Å². The second kappa shape index (κ2) is 14.9. The molecule has 1 aromatic carbocycles. The lowest BCUT2D eigenvalue weighted by Crippen LogP contribution is -2.53. The molecule has 4 aliphatic rings. The predicted octanol–water partition coefficient (Wildman–Crippen LogP) is 5.20. The number of aliphatic carboxylic acids is 1. The number of carboxylic acids is 1. The summed E-state index contributed by atoms with van der Waals surface area (Å²) in [6, 6.07) is 2.21. The summed E-state index contributed by atoms with van der Waals surface area (Å²) < 4.78 is 0. The van der Waals surface area contributed by atoms with Gasteiger partial charge in [-0.15, -0.1) is 0 Å². The van der Waals surface area contributed by atoms with Gasteiger partial charge in [0.2, 0.25) is 17.7 Å². The monoisotopic (exact) mass is 676 g/mol. The molecule has 2 aliphatic heterocycles. The summed E-state index contributed by atoms with van der Waals surface area (Å²) in [5, 5.41) is 15.5. The van der Waals surface area contributed by atoms with Crippen molar-refractivity contribution in [3.63, 3.8) is 0 Å². The van der Waals surface area contributed by atoms with Crippen LogP contribution in [0.4, 0.5) is 0 Å². The van der Waals surface area contributed by atoms with E-state index in [0.29, 0.717) is 31.6 Å². The van der Waals surface area contributed by atoms with E-state index in [2.05, 4.69) is 10.6 Å². The number of nitrogens with zero attached hydrogens (tertiary/aromatic N) is 2. The van der Waals surface area contributed by atoms with Crippen molar-refractivity contribution in [2.75, 3.05) is 26.2 Å². The molecule has 3 N–H and O–H groups in total. The first kappa shape index (κ1) is 34.5. The quantitative estimate of drug-likeness (QED) is 0.312. The van der Waals surface area contributed by atoms with E-state index in [9.17, 15) is 29.1 Å². The maximum Gasteiger partial charge on any atom is 0.305 e. The summed E-state index contributed by atoms with van der Waals surface area (Å²) in [6.07, 6.45) is 12.4. The molecule has 0 bridgehead atoms. The highest BCUT2D eigenvalue weighted by Crippen LogP contribution is 2.47.